The number of nitrogens with zero attached hydrogens (tertiary/aromatic N) is 1. The van der Waals surface area contributed by atoms with E-state index in [0.29, 0.717) is 41.5 Å². The maximum Gasteiger partial charge on any atom is 0.507 e. The standard InChI is InChI=1S/C15H18Cl2N2O4/c1-19-6-4-15(5-7-19,23-14(21)22)18-13(20)8-10-2-3-11(16)9-12(10)17/h2-3,9H,4-8H2,1H3,(H,18,20)(H,21,22). The van der Waals surface area contributed by atoms with Gasteiger partial charge in [-0.15, -0.1) is 0 Å². The van der Waals surface area contributed by atoms with Gasteiger partial charge in [-0.1, -0.05) is 29.3 Å². The zero-order valence-electron chi connectivity index (χ0n) is 12.6. The lowest BCUT2D eigenvalue weighted by molar-refractivity contribution is -0.133. The van der Waals surface area contributed by atoms with E-state index in [2.05, 4.69) is 5.32 Å². The molecule has 2 N–H and O–H groups in total. The molecule has 0 radical (unpaired) electrons. The van der Waals surface area contributed by atoms with Gasteiger partial charge in [-0.25, -0.2) is 4.79 Å². The van der Waals surface area contributed by atoms with Gasteiger partial charge in [-0.3, -0.25) is 4.79 Å². The number of hydrogen-bond acceptors (Lipinski definition) is 4. The lowest BCUT2D eigenvalue weighted by Crippen LogP contribution is -2.57. The van der Waals surface area contributed by atoms with Crippen molar-refractivity contribution >= 4 is 35.3 Å². The molecule has 6 nitrogen and oxygen atoms in total. The van der Waals surface area contributed by atoms with Crippen LogP contribution in [0.15, 0.2) is 18.2 Å². The van der Waals surface area contributed by atoms with Crippen molar-refractivity contribution in [2.24, 2.45) is 0 Å². The van der Waals surface area contributed by atoms with E-state index in [1.807, 2.05) is 11.9 Å². The maximum absolute atomic E-state index is 12.3. The molecule has 1 aromatic rings. The van der Waals surface area contributed by atoms with Crippen molar-refractivity contribution < 1.29 is 19.4 Å². The molecule has 8 heteroatoms. The first-order valence-electron chi connectivity index (χ1n) is 7.15. The van der Waals surface area contributed by atoms with E-state index in [9.17, 15) is 9.59 Å². The van der Waals surface area contributed by atoms with E-state index in [1.165, 1.54) is 0 Å². The van der Waals surface area contributed by atoms with Gasteiger partial charge in [0.1, 0.15) is 0 Å². The van der Waals surface area contributed by atoms with Crippen LogP contribution in [0, 0.1) is 0 Å². The van der Waals surface area contributed by atoms with Crippen LogP contribution < -0.4 is 5.32 Å². The van der Waals surface area contributed by atoms with Gasteiger partial charge in [0.2, 0.25) is 5.91 Å². The number of carbonyl (C=O) groups excluding carboxylic acids is 1. The smallest absolute Gasteiger partial charge is 0.450 e. The largest absolute Gasteiger partial charge is 0.507 e. The maximum atomic E-state index is 12.3. The Morgan fingerprint density at radius 2 is 2.00 bits per heavy atom. The Hall–Kier alpha value is -1.50. The normalized spacial score (nSPS) is 17.5. The summed E-state index contributed by atoms with van der Waals surface area (Å²) in [5.74, 6) is -0.347. The highest BCUT2D eigenvalue weighted by Gasteiger charge is 2.39. The average Bonchev–Trinajstić information content (AvgIpc) is 2.44. The summed E-state index contributed by atoms with van der Waals surface area (Å²) in [4.78, 5) is 25.3. The molecule has 1 aromatic carbocycles. The highest BCUT2D eigenvalue weighted by molar-refractivity contribution is 6.35. The molecule has 2 rings (SSSR count). The predicted molar refractivity (Wildman–Crippen MR) is 86.9 cm³/mol. The highest BCUT2D eigenvalue weighted by Crippen LogP contribution is 2.25. The van der Waals surface area contributed by atoms with E-state index in [1.54, 1.807) is 18.2 Å². The summed E-state index contributed by atoms with van der Waals surface area (Å²) in [7, 11) is 1.93. The summed E-state index contributed by atoms with van der Waals surface area (Å²) in [6, 6.07) is 4.88. The van der Waals surface area contributed by atoms with E-state index >= 15 is 0 Å². The molecule has 0 spiro atoms. The molecule has 1 aliphatic heterocycles. The first-order chi connectivity index (χ1) is 10.8. The van der Waals surface area contributed by atoms with Crippen LogP contribution in [0.1, 0.15) is 18.4 Å². The Morgan fingerprint density at radius 1 is 1.35 bits per heavy atom. The molecule has 0 aliphatic carbocycles. The third kappa shape index (κ3) is 4.99. The van der Waals surface area contributed by atoms with Gasteiger partial charge in [0.15, 0.2) is 5.72 Å². The summed E-state index contributed by atoms with van der Waals surface area (Å²) in [5, 5.41) is 12.5. The van der Waals surface area contributed by atoms with E-state index in [4.69, 9.17) is 33.0 Å². The molecule has 1 saturated heterocycles. The molecule has 1 heterocycles. The predicted octanol–water partition coefficient (Wildman–Crippen LogP) is 2.77. The fourth-order valence-corrected chi connectivity index (χ4v) is 3.01. The number of nitrogens with one attached hydrogen (secondary N) is 1. The zero-order chi connectivity index (χ0) is 17.0. The minimum Gasteiger partial charge on any atom is -0.450 e. The second kappa shape index (κ2) is 7.38. The molecule has 23 heavy (non-hydrogen) atoms. The average molecular weight is 361 g/mol. The fourth-order valence-electron chi connectivity index (χ4n) is 2.54. The summed E-state index contributed by atoms with van der Waals surface area (Å²) in [5.41, 5.74) is -0.569. The lowest BCUT2D eigenvalue weighted by atomic mass is 9.99. The first kappa shape index (κ1) is 17.8. The fraction of sp³-hybridized carbons (Fsp3) is 0.467. The molecule has 0 saturated carbocycles. The number of hydrogen-bond donors (Lipinski definition) is 2. The number of halogens is 2. The van der Waals surface area contributed by atoms with Crippen LogP contribution in [0.25, 0.3) is 0 Å². The number of piperidine rings is 1. The Morgan fingerprint density at radius 3 is 2.57 bits per heavy atom. The minimum atomic E-state index is -1.40. The molecule has 126 valence electrons. The van der Waals surface area contributed by atoms with Gasteiger partial charge in [-0.2, -0.15) is 0 Å². The Bertz CT molecular complexity index is 601. The monoisotopic (exact) mass is 360 g/mol. The number of carboxylic acid groups (broad SMARTS) is 1. The molecular formula is C15H18Cl2N2O4. The number of amides is 1. The Kier molecular flexibility index (Phi) is 5.73. The van der Waals surface area contributed by atoms with Crippen LogP contribution in [0.2, 0.25) is 10.0 Å². The molecule has 0 bridgehead atoms. The lowest BCUT2D eigenvalue weighted by Gasteiger charge is -2.39. The molecule has 0 aromatic heterocycles. The molecule has 0 atom stereocenters. The first-order valence-corrected chi connectivity index (χ1v) is 7.91. The van der Waals surface area contributed by atoms with Crippen LogP contribution in [0.3, 0.4) is 0 Å². The van der Waals surface area contributed by atoms with Crippen molar-refractivity contribution in [2.45, 2.75) is 25.0 Å². The zero-order valence-corrected chi connectivity index (χ0v) is 14.2. The van der Waals surface area contributed by atoms with Gasteiger partial charge in [0.05, 0.1) is 6.42 Å². The van der Waals surface area contributed by atoms with Crippen LogP contribution in [-0.4, -0.2) is 47.9 Å². The molecule has 1 aliphatic rings. The molecule has 1 amide bonds. The van der Waals surface area contributed by atoms with E-state index < -0.39 is 11.9 Å². The van der Waals surface area contributed by atoms with Crippen molar-refractivity contribution in [2.75, 3.05) is 20.1 Å². The Balaban J connectivity index is 2.06. The third-order valence-electron chi connectivity index (χ3n) is 3.81. The quantitative estimate of drug-likeness (QED) is 0.637. The molecule has 1 fully saturated rings. The summed E-state index contributed by atoms with van der Waals surface area (Å²) >= 11 is 11.9. The topological polar surface area (TPSA) is 78.9 Å². The molecule has 0 unspecified atom stereocenters. The van der Waals surface area contributed by atoms with Gasteiger partial charge in [0, 0.05) is 36.0 Å². The summed E-state index contributed by atoms with van der Waals surface area (Å²) in [6.07, 6.45) is -0.582. The number of ether oxygens (including phenoxy) is 1. The van der Waals surface area contributed by atoms with Crippen molar-refractivity contribution in [3.8, 4) is 0 Å². The number of likely N-dealkylation sites (tertiary alicyclic amines) is 1. The van der Waals surface area contributed by atoms with Crippen LogP contribution in [0.4, 0.5) is 4.79 Å². The van der Waals surface area contributed by atoms with Gasteiger partial charge in [0.25, 0.3) is 0 Å². The van der Waals surface area contributed by atoms with Crippen molar-refractivity contribution in [1.82, 2.24) is 10.2 Å². The SMILES string of the molecule is CN1CCC(NC(=O)Cc2ccc(Cl)cc2Cl)(OC(=O)O)CC1. The van der Waals surface area contributed by atoms with E-state index in [-0.39, 0.29) is 12.3 Å². The van der Waals surface area contributed by atoms with E-state index in [0.717, 1.165) is 0 Å². The van der Waals surface area contributed by atoms with Crippen molar-refractivity contribution in [3.63, 3.8) is 0 Å². The summed E-state index contributed by atoms with van der Waals surface area (Å²) in [6.45, 7) is 1.27. The number of carbonyl (C=O) groups is 2. The minimum absolute atomic E-state index is 0.0244. The second-order valence-corrected chi connectivity index (χ2v) is 6.47. The highest BCUT2D eigenvalue weighted by atomic mass is 35.5. The van der Waals surface area contributed by atoms with Crippen LogP contribution in [-0.2, 0) is 16.0 Å². The third-order valence-corrected chi connectivity index (χ3v) is 4.40. The van der Waals surface area contributed by atoms with Crippen LogP contribution in [0.5, 0.6) is 0 Å². The van der Waals surface area contributed by atoms with Gasteiger partial charge >= 0.3 is 6.16 Å². The second-order valence-electron chi connectivity index (χ2n) is 5.63. The van der Waals surface area contributed by atoms with Crippen molar-refractivity contribution in [1.29, 1.82) is 0 Å². The summed E-state index contributed by atoms with van der Waals surface area (Å²) < 4.78 is 4.99. The Labute approximate surface area is 144 Å². The number of rotatable bonds is 4. The van der Waals surface area contributed by atoms with Gasteiger partial charge < -0.3 is 20.1 Å². The van der Waals surface area contributed by atoms with Crippen LogP contribution >= 0.6 is 23.2 Å². The number of benzene rings is 1. The molecular weight excluding hydrogens is 343 g/mol. The van der Waals surface area contributed by atoms with Gasteiger partial charge in [-0.05, 0) is 24.7 Å². The van der Waals surface area contributed by atoms with Crippen molar-refractivity contribution in [3.05, 3.63) is 33.8 Å².